The maximum absolute atomic E-state index is 13.8. The van der Waals surface area contributed by atoms with Gasteiger partial charge in [-0.2, -0.15) is 5.26 Å². The molecule has 1 aliphatic heterocycles. The molecule has 0 spiro atoms. The van der Waals surface area contributed by atoms with Crippen LogP contribution in [0.25, 0.3) is 0 Å². The van der Waals surface area contributed by atoms with Crippen molar-refractivity contribution in [1.82, 2.24) is 4.31 Å². The van der Waals surface area contributed by atoms with Crippen LogP contribution in [0.3, 0.4) is 0 Å². The van der Waals surface area contributed by atoms with Crippen molar-refractivity contribution < 1.29 is 8.94 Å². The van der Waals surface area contributed by atoms with Gasteiger partial charge < -0.3 is 4.55 Å². The number of rotatable bonds is 4. The second-order valence-corrected chi connectivity index (χ2v) is 8.43. The van der Waals surface area contributed by atoms with E-state index in [9.17, 15) is 8.94 Å². The third-order valence-electron chi connectivity index (χ3n) is 4.33. The summed E-state index contributed by atoms with van der Waals surface area (Å²) in [6, 6.07) is 11.3. The Hall–Kier alpha value is -1.55. The maximum atomic E-state index is 13.8. The average Bonchev–Trinajstić information content (AvgIpc) is 2.95. The largest absolute Gasteiger partial charge is 0.593 e. The molecule has 134 valence electrons. The number of benzene rings is 2. The molecule has 0 amide bonds. The Morgan fingerprint density at radius 2 is 2.08 bits per heavy atom. The van der Waals surface area contributed by atoms with Crippen LogP contribution in [0.1, 0.15) is 11.1 Å². The fraction of sp³-hybridized carbons (Fsp3) is 0.211. The van der Waals surface area contributed by atoms with E-state index >= 15 is 0 Å². The second-order valence-electron chi connectivity index (χ2n) is 6.13. The van der Waals surface area contributed by atoms with Gasteiger partial charge in [0.05, 0.1) is 35.0 Å². The van der Waals surface area contributed by atoms with Gasteiger partial charge in [-0.3, -0.25) is 0 Å². The number of nitriles is 1. The fourth-order valence-electron chi connectivity index (χ4n) is 2.95. The zero-order valence-corrected chi connectivity index (χ0v) is 16.0. The lowest BCUT2D eigenvalue weighted by Crippen LogP contribution is -2.29. The average molecular weight is 409 g/mol. The van der Waals surface area contributed by atoms with Crippen molar-refractivity contribution >= 4 is 34.6 Å². The molecule has 0 saturated carbocycles. The standard InChI is InChI=1S/C19H15Cl2FN2OS/c1-12-10-24(26(25)19-5-4-16(20)8-17(19)21)11-15(12)6-13-2-3-14(9-23)18(22)7-13/h2-5,7-8,15H,1,6,10-11H2. The van der Waals surface area contributed by atoms with E-state index < -0.39 is 17.2 Å². The number of nitrogens with zero attached hydrogens (tertiary/aromatic N) is 2. The molecular weight excluding hydrogens is 394 g/mol. The van der Waals surface area contributed by atoms with Crippen molar-refractivity contribution in [2.24, 2.45) is 5.92 Å². The Bertz CT molecular complexity index is 900. The number of hydrogen-bond donors (Lipinski definition) is 0. The maximum Gasteiger partial charge on any atom is 0.192 e. The van der Waals surface area contributed by atoms with E-state index in [4.69, 9.17) is 28.5 Å². The summed E-state index contributed by atoms with van der Waals surface area (Å²) in [5, 5.41) is 9.66. The Morgan fingerprint density at radius 3 is 2.73 bits per heavy atom. The predicted octanol–water partition coefficient (Wildman–Crippen LogP) is 4.76. The van der Waals surface area contributed by atoms with Crippen molar-refractivity contribution in [3.63, 3.8) is 0 Å². The first kappa shape index (κ1) is 19.2. The van der Waals surface area contributed by atoms with Crippen molar-refractivity contribution in [2.45, 2.75) is 11.3 Å². The lowest BCUT2D eigenvalue weighted by Gasteiger charge is -2.20. The molecule has 26 heavy (non-hydrogen) atoms. The van der Waals surface area contributed by atoms with E-state index in [2.05, 4.69) is 6.58 Å². The van der Waals surface area contributed by atoms with E-state index in [0.717, 1.165) is 11.1 Å². The smallest absolute Gasteiger partial charge is 0.192 e. The third kappa shape index (κ3) is 4.06. The van der Waals surface area contributed by atoms with Crippen LogP contribution in [0.2, 0.25) is 10.0 Å². The van der Waals surface area contributed by atoms with E-state index in [1.54, 1.807) is 28.6 Å². The normalized spacial score (nSPS) is 18.7. The first-order valence-electron chi connectivity index (χ1n) is 7.87. The van der Waals surface area contributed by atoms with Crippen molar-refractivity contribution in [3.05, 3.63) is 75.5 Å². The van der Waals surface area contributed by atoms with Crippen molar-refractivity contribution in [2.75, 3.05) is 13.1 Å². The van der Waals surface area contributed by atoms with Gasteiger partial charge in [-0.25, -0.2) is 4.39 Å². The lowest BCUT2D eigenvalue weighted by atomic mass is 9.95. The van der Waals surface area contributed by atoms with E-state index in [-0.39, 0.29) is 11.5 Å². The summed E-state index contributed by atoms with van der Waals surface area (Å²) in [7, 11) is 0. The van der Waals surface area contributed by atoms with E-state index in [1.165, 1.54) is 12.1 Å². The SMILES string of the molecule is C=C1CN([S+]([O-])c2ccc(Cl)cc2Cl)CC1Cc1ccc(C#N)c(F)c1. The minimum absolute atomic E-state index is 0.0270. The molecule has 2 aromatic rings. The van der Waals surface area contributed by atoms with Crippen LogP contribution in [0.4, 0.5) is 4.39 Å². The van der Waals surface area contributed by atoms with Gasteiger partial charge in [0.1, 0.15) is 11.9 Å². The van der Waals surface area contributed by atoms with Crippen LogP contribution in [-0.4, -0.2) is 21.9 Å². The summed E-state index contributed by atoms with van der Waals surface area (Å²) in [6.07, 6.45) is 0.573. The molecule has 0 bridgehead atoms. The van der Waals surface area contributed by atoms with Crippen LogP contribution in [0.5, 0.6) is 0 Å². The minimum atomic E-state index is -1.42. The lowest BCUT2D eigenvalue weighted by molar-refractivity contribution is 0.455. The number of halogens is 3. The highest BCUT2D eigenvalue weighted by Crippen LogP contribution is 2.33. The van der Waals surface area contributed by atoms with Gasteiger partial charge in [-0.15, -0.1) is 4.31 Å². The summed E-state index contributed by atoms with van der Waals surface area (Å²) < 4.78 is 28.4. The van der Waals surface area contributed by atoms with E-state index in [1.807, 2.05) is 6.07 Å². The van der Waals surface area contributed by atoms with Gasteiger partial charge in [0.25, 0.3) is 0 Å². The molecule has 2 unspecified atom stereocenters. The molecular formula is C19H15Cl2FN2OS. The quantitative estimate of drug-likeness (QED) is 0.541. The molecule has 3 nitrogen and oxygen atoms in total. The fourth-order valence-corrected chi connectivity index (χ4v) is 4.84. The molecule has 0 aromatic heterocycles. The Balaban J connectivity index is 1.72. The highest BCUT2D eigenvalue weighted by Gasteiger charge is 2.35. The Kier molecular flexibility index (Phi) is 5.91. The first-order valence-corrected chi connectivity index (χ1v) is 9.73. The van der Waals surface area contributed by atoms with Crippen LogP contribution in [-0.2, 0) is 17.8 Å². The summed E-state index contributed by atoms with van der Waals surface area (Å²) >= 11 is 10.6. The molecule has 0 N–H and O–H groups in total. The van der Waals surface area contributed by atoms with Crippen molar-refractivity contribution in [1.29, 1.82) is 5.26 Å². The summed E-state index contributed by atoms with van der Waals surface area (Å²) in [5.74, 6) is -0.473. The molecule has 1 heterocycles. The van der Waals surface area contributed by atoms with Gasteiger partial charge in [0.15, 0.2) is 4.90 Å². The molecule has 0 aliphatic carbocycles. The highest BCUT2D eigenvalue weighted by molar-refractivity contribution is 7.89. The third-order valence-corrected chi connectivity index (χ3v) is 6.47. The number of hydrogen-bond acceptors (Lipinski definition) is 3. The van der Waals surface area contributed by atoms with Crippen LogP contribution >= 0.6 is 23.2 Å². The minimum Gasteiger partial charge on any atom is -0.593 e. The molecule has 7 heteroatoms. The molecule has 1 aliphatic rings. The molecule has 1 fully saturated rings. The Morgan fingerprint density at radius 1 is 1.31 bits per heavy atom. The van der Waals surface area contributed by atoms with Gasteiger partial charge in [0.2, 0.25) is 0 Å². The van der Waals surface area contributed by atoms with Gasteiger partial charge in [-0.05, 0) is 42.3 Å². The van der Waals surface area contributed by atoms with Crippen LogP contribution in [0.15, 0.2) is 53.4 Å². The molecule has 2 atom stereocenters. The first-order chi connectivity index (χ1) is 12.4. The molecule has 3 rings (SSSR count). The van der Waals surface area contributed by atoms with Gasteiger partial charge in [0, 0.05) is 10.9 Å². The zero-order valence-electron chi connectivity index (χ0n) is 13.7. The summed E-state index contributed by atoms with van der Waals surface area (Å²) in [4.78, 5) is 0.508. The van der Waals surface area contributed by atoms with Crippen molar-refractivity contribution in [3.8, 4) is 6.07 Å². The highest BCUT2D eigenvalue weighted by atomic mass is 35.5. The topological polar surface area (TPSA) is 50.1 Å². The molecule has 2 aromatic carbocycles. The van der Waals surface area contributed by atoms with Gasteiger partial charge in [-0.1, -0.05) is 41.4 Å². The summed E-state index contributed by atoms with van der Waals surface area (Å²) in [5.41, 5.74) is 1.75. The second kappa shape index (κ2) is 7.99. The Labute approximate surface area is 165 Å². The predicted molar refractivity (Wildman–Crippen MR) is 102 cm³/mol. The zero-order chi connectivity index (χ0) is 18.8. The van der Waals surface area contributed by atoms with Gasteiger partial charge >= 0.3 is 0 Å². The molecule has 1 saturated heterocycles. The monoisotopic (exact) mass is 408 g/mol. The van der Waals surface area contributed by atoms with Crippen LogP contribution in [0, 0.1) is 23.1 Å². The summed E-state index contributed by atoms with van der Waals surface area (Å²) in [6.45, 7) is 5.09. The van der Waals surface area contributed by atoms with E-state index in [0.29, 0.717) is 34.5 Å². The molecule has 0 radical (unpaired) electrons. The van der Waals surface area contributed by atoms with Crippen LogP contribution < -0.4 is 0 Å².